The van der Waals surface area contributed by atoms with Crippen LogP contribution >= 0.6 is 23.5 Å². The first-order valence-electron chi connectivity index (χ1n) is 8.07. The molecule has 0 spiro atoms. The summed E-state index contributed by atoms with van der Waals surface area (Å²) in [7, 11) is -17.5. The van der Waals surface area contributed by atoms with Gasteiger partial charge in [0.2, 0.25) is 5.95 Å². The molecule has 2 aromatic rings. The number of fused-ring (bicyclic) bond motifs is 1. The van der Waals surface area contributed by atoms with Gasteiger partial charge in [0.1, 0.15) is 18.3 Å². The van der Waals surface area contributed by atoms with Crippen molar-refractivity contribution in [2.24, 2.45) is 0 Å². The van der Waals surface area contributed by atoms with E-state index < -0.39 is 60.2 Å². The summed E-state index contributed by atoms with van der Waals surface area (Å²) in [5, 5.41) is 20.4. The van der Waals surface area contributed by atoms with Crippen molar-refractivity contribution in [3.05, 3.63) is 16.7 Å². The molecule has 1 saturated heterocycles. The number of hydrogen-bond acceptors (Lipinski definition) is 15. The van der Waals surface area contributed by atoms with Crippen LogP contribution in [-0.2, 0) is 31.6 Å². The summed E-state index contributed by atoms with van der Waals surface area (Å²) in [5.41, 5.74) is 4.45. The van der Waals surface area contributed by atoms with Gasteiger partial charge in [0.25, 0.3) is 21.2 Å². The number of aromatic nitrogens is 4. The van der Waals surface area contributed by atoms with Crippen LogP contribution in [0.5, 0.6) is 0 Å². The number of aromatic amines is 1. The minimum atomic E-state index is -6.04. The average Bonchev–Trinajstić information content (AvgIpc) is 3.12. The van der Waals surface area contributed by atoms with Crippen LogP contribution in [0, 0.1) is 0 Å². The van der Waals surface area contributed by atoms with E-state index in [1.54, 1.807) is 0 Å². The maximum atomic E-state index is 11.8. The van der Waals surface area contributed by atoms with Gasteiger partial charge in [-0.25, -0.2) is 18.2 Å². The van der Waals surface area contributed by atoms with Gasteiger partial charge in [-0.3, -0.25) is 28.0 Å². The van der Waals surface area contributed by atoms with Crippen molar-refractivity contribution in [3.8, 4) is 0 Å². The van der Waals surface area contributed by atoms with Gasteiger partial charge in [0, 0.05) is 0 Å². The topological polar surface area (TPSA) is 305 Å². The normalized spacial score (nSPS) is 27.7. The SMILES string of the molecule is Nc1nc2c(ncn2C2OC(COP(=O)(O)OP(=O)([O-])OP(=O)([O-])O)C(O)C2O)c(=O)[nH]1.[Na+].[Na+]. The van der Waals surface area contributed by atoms with Crippen molar-refractivity contribution in [2.45, 2.75) is 24.5 Å². The number of ether oxygens (including phenoxy) is 1. The Morgan fingerprint density at radius 2 is 1.79 bits per heavy atom. The molecule has 1 aliphatic rings. The average molecular weight is 567 g/mol. The van der Waals surface area contributed by atoms with Gasteiger partial charge in [0.05, 0.1) is 12.9 Å². The van der Waals surface area contributed by atoms with Crippen molar-refractivity contribution in [1.82, 2.24) is 19.5 Å². The zero-order valence-electron chi connectivity index (χ0n) is 17.2. The third-order valence-corrected chi connectivity index (χ3v) is 7.60. The molecule has 24 heteroatoms. The molecule has 0 aromatic carbocycles. The molecule has 0 aliphatic carbocycles. The number of nitrogens with two attached hydrogens (primary N) is 1. The number of phosphoric ester groups is 1. The fourth-order valence-corrected chi connectivity index (χ4v) is 5.62. The van der Waals surface area contributed by atoms with E-state index in [0.29, 0.717) is 0 Å². The third kappa shape index (κ3) is 7.97. The second-order valence-electron chi connectivity index (χ2n) is 6.16. The molecule has 0 saturated carbocycles. The number of anilines is 1. The molecule has 19 nitrogen and oxygen atoms in total. The van der Waals surface area contributed by atoms with E-state index in [1.165, 1.54) is 0 Å². The zero-order valence-corrected chi connectivity index (χ0v) is 23.9. The van der Waals surface area contributed by atoms with Crippen molar-refractivity contribution in [1.29, 1.82) is 0 Å². The van der Waals surface area contributed by atoms with Gasteiger partial charge in [0.15, 0.2) is 17.4 Å². The van der Waals surface area contributed by atoms with Crippen LogP contribution in [0.1, 0.15) is 6.23 Å². The van der Waals surface area contributed by atoms with E-state index in [4.69, 9.17) is 15.4 Å². The van der Waals surface area contributed by atoms with E-state index >= 15 is 0 Å². The fraction of sp³-hybridized carbons (Fsp3) is 0.500. The molecule has 0 amide bonds. The summed E-state index contributed by atoms with van der Waals surface area (Å²) >= 11 is 0. The summed E-state index contributed by atoms with van der Waals surface area (Å²) in [4.78, 5) is 61.1. The minimum absolute atomic E-state index is 0. The molecule has 0 bridgehead atoms. The summed E-state index contributed by atoms with van der Waals surface area (Å²) < 4.78 is 50.8. The quantitative estimate of drug-likeness (QED) is 0.127. The molecule has 3 heterocycles. The van der Waals surface area contributed by atoms with Gasteiger partial charge in [-0.1, -0.05) is 0 Å². The fourth-order valence-electron chi connectivity index (χ4n) is 2.68. The van der Waals surface area contributed by atoms with E-state index in [9.17, 15) is 43.4 Å². The molecular weight excluding hydrogens is 553 g/mol. The minimum Gasteiger partial charge on any atom is -0.756 e. The molecule has 7 unspecified atom stereocenters. The third-order valence-electron chi connectivity index (χ3n) is 3.87. The summed E-state index contributed by atoms with van der Waals surface area (Å²) in [6.07, 6.45) is -5.45. The van der Waals surface area contributed by atoms with E-state index in [2.05, 4.69) is 28.1 Å². The van der Waals surface area contributed by atoms with Crippen LogP contribution in [-0.4, -0.2) is 64.4 Å². The van der Waals surface area contributed by atoms with Crippen molar-refractivity contribution < 1.29 is 120 Å². The molecule has 3 rings (SSSR count). The first-order chi connectivity index (χ1) is 14.6. The largest absolute Gasteiger partial charge is 1.00 e. The molecule has 0 radical (unpaired) electrons. The molecule has 34 heavy (non-hydrogen) atoms. The number of aliphatic hydroxyl groups excluding tert-OH is 2. The number of aliphatic hydroxyl groups is 2. The Hall–Kier alpha value is 0.440. The molecule has 7 N–H and O–H groups in total. The number of nitrogens with zero attached hydrogens (tertiary/aromatic N) is 3. The first-order valence-corrected chi connectivity index (χ1v) is 12.5. The number of H-pyrrole nitrogens is 1. The van der Waals surface area contributed by atoms with Crippen LogP contribution in [0.3, 0.4) is 0 Å². The van der Waals surface area contributed by atoms with Gasteiger partial charge < -0.3 is 40.3 Å². The number of nitrogens with one attached hydrogen (secondary N) is 1. The molecule has 1 aliphatic heterocycles. The van der Waals surface area contributed by atoms with Crippen LogP contribution in [0.25, 0.3) is 11.2 Å². The Balaban J connectivity index is 0.00000289. The van der Waals surface area contributed by atoms with Gasteiger partial charge >= 0.3 is 66.9 Å². The Labute approximate surface area is 232 Å². The maximum absolute atomic E-state index is 11.8. The van der Waals surface area contributed by atoms with Crippen molar-refractivity contribution in [3.63, 3.8) is 0 Å². The monoisotopic (exact) mass is 567 g/mol. The van der Waals surface area contributed by atoms with E-state index in [0.717, 1.165) is 10.9 Å². The summed E-state index contributed by atoms with van der Waals surface area (Å²) in [6, 6.07) is 0. The smallest absolute Gasteiger partial charge is 0.756 e. The first kappa shape index (κ1) is 32.5. The number of rotatable bonds is 8. The van der Waals surface area contributed by atoms with Crippen LogP contribution in [0.2, 0.25) is 0 Å². The second kappa shape index (κ2) is 11.9. The Kier molecular flexibility index (Phi) is 11.3. The Morgan fingerprint density at radius 3 is 2.38 bits per heavy atom. The predicted octanol–water partition coefficient (Wildman–Crippen LogP) is -9.59. The van der Waals surface area contributed by atoms with Gasteiger partial charge in [-0.15, -0.1) is 0 Å². The van der Waals surface area contributed by atoms with Gasteiger partial charge in [-0.2, -0.15) is 4.98 Å². The molecular formula is C10H14N5Na2O14P3. The van der Waals surface area contributed by atoms with Crippen molar-refractivity contribution in [2.75, 3.05) is 12.3 Å². The standard InChI is InChI=1S/C10H16N5O14P3.2Na/c11-10-13-7-4(8(18)14-10)12-2-15(7)9-6(17)5(16)3(27-9)1-26-31(22,23)29-32(24,25)28-30(19,20)21;;/h2-3,5-6,9,16-17H,1H2,(H,22,23)(H,24,25)(H2,19,20,21)(H3,11,13,14,18);;/q;2*+1/p-2. The Bertz CT molecular complexity index is 1220. The predicted molar refractivity (Wildman–Crippen MR) is 93.9 cm³/mol. The molecule has 180 valence electrons. The van der Waals surface area contributed by atoms with Gasteiger partial charge in [-0.05, 0) is 0 Å². The van der Waals surface area contributed by atoms with E-state index in [-0.39, 0.29) is 76.2 Å². The number of phosphoric acid groups is 3. The van der Waals surface area contributed by atoms with Crippen LogP contribution in [0.15, 0.2) is 11.1 Å². The number of imidazole rings is 1. The van der Waals surface area contributed by atoms with Crippen molar-refractivity contribution >= 4 is 40.6 Å². The zero-order chi connectivity index (χ0) is 24.1. The molecule has 1 fully saturated rings. The molecule has 2 aromatic heterocycles. The summed E-state index contributed by atoms with van der Waals surface area (Å²) in [6.45, 7) is -1.06. The van der Waals surface area contributed by atoms with Crippen LogP contribution in [0.4, 0.5) is 5.95 Å². The molecule has 7 atom stereocenters. The number of hydrogen-bond donors (Lipinski definition) is 6. The maximum Gasteiger partial charge on any atom is 1.00 e. The van der Waals surface area contributed by atoms with E-state index in [1.807, 2.05) is 0 Å². The Morgan fingerprint density at radius 1 is 1.18 bits per heavy atom. The summed E-state index contributed by atoms with van der Waals surface area (Å²) in [5.74, 6) is -0.287. The number of nitrogen functional groups attached to an aromatic ring is 1. The second-order valence-corrected chi connectivity index (χ2v) is 10.5. The van der Waals surface area contributed by atoms with Crippen LogP contribution < -0.4 is 80.2 Å².